The maximum absolute atomic E-state index is 5.25. The minimum atomic E-state index is 0.626. The SMILES string of the molecule is c1ccc(-c2cc(-c3nc(-c4ccccc4)nc(-c4ccc(-c5cccc6sc7ccccc7c56)cc4)n3)cc(-c3cc4ccccc4c4ccccc34)c2)cc1. The van der Waals surface area contributed by atoms with Gasteiger partial charge in [-0.3, -0.25) is 0 Å². The molecule has 0 saturated heterocycles. The summed E-state index contributed by atoms with van der Waals surface area (Å²) in [7, 11) is 0. The van der Waals surface area contributed by atoms with Gasteiger partial charge in [0.1, 0.15) is 0 Å². The van der Waals surface area contributed by atoms with Gasteiger partial charge in [0.15, 0.2) is 17.5 Å². The summed E-state index contributed by atoms with van der Waals surface area (Å²) < 4.78 is 2.59. The van der Waals surface area contributed by atoms with E-state index in [0.717, 1.165) is 38.9 Å². The lowest BCUT2D eigenvalue weighted by Crippen LogP contribution is -2.00. The van der Waals surface area contributed by atoms with E-state index < -0.39 is 0 Å². The van der Waals surface area contributed by atoms with Crippen LogP contribution >= 0.6 is 11.3 Å². The lowest BCUT2D eigenvalue weighted by Gasteiger charge is -2.15. The Morgan fingerprint density at radius 2 is 0.807 bits per heavy atom. The van der Waals surface area contributed by atoms with Gasteiger partial charge in [0.05, 0.1) is 0 Å². The van der Waals surface area contributed by atoms with E-state index in [2.05, 4.69) is 182 Å². The van der Waals surface area contributed by atoms with E-state index in [1.807, 2.05) is 29.5 Å². The highest BCUT2D eigenvalue weighted by atomic mass is 32.1. The van der Waals surface area contributed by atoms with Crippen molar-refractivity contribution in [3.63, 3.8) is 0 Å². The summed E-state index contributed by atoms with van der Waals surface area (Å²) in [4.78, 5) is 15.5. The highest BCUT2D eigenvalue weighted by Crippen LogP contribution is 2.41. The van der Waals surface area contributed by atoms with Crippen molar-refractivity contribution in [2.45, 2.75) is 0 Å². The fourth-order valence-corrected chi connectivity index (χ4v) is 9.30. The van der Waals surface area contributed by atoms with Gasteiger partial charge in [-0.15, -0.1) is 11.3 Å². The number of nitrogens with zero attached hydrogens (tertiary/aromatic N) is 3. The third kappa shape index (κ3) is 5.95. The van der Waals surface area contributed by atoms with Crippen LogP contribution in [-0.2, 0) is 0 Å². The monoisotopic (exact) mass is 743 g/mol. The van der Waals surface area contributed by atoms with Gasteiger partial charge in [-0.2, -0.15) is 0 Å². The van der Waals surface area contributed by atoms with Crippen LogP contribution in [0.15, 0.2) is 200 Å². The second kappa shape index (κ2) is 13.8. The number of hydrogen-bond acceptors (Lipinski definition) is 4. The van der Waals surface area contributed by atoms with Crippen LogP contribution in [0.4, 0.5) is 0 Å². The van der Waals surface area contributed by atoms with Crippen molar-refractivity contribution in [2.24, 2.45) is 0 Å². The summed E-state index contributed by atoms with van der Waals surface area (Å²) in [5, 5.41) is 7.49. The van der Waals surface area contributed by atoms with Crippen LogP contribution in [0.2, 0.25) is 0 Å². The van der Waals surface area contributed by atoms with Crippen molar-refractivity contribution in [1.29, 1.82) is 0 Å². The number of hydrogen-bond donors (Lipinski definition) is 0. The molecule has 0 radical (unpaired) electrons. The molecule has 2 heterocycles. The normalized spacial score (nSPS) is 11.5. The van der Waals surface area contributed by atoms with Crippen LogP contribution in [0.25, 0.3) is 109 Å². The first-order chi connectivity index (χ1) is 28.2. The van der Waals surface area contributed by atoms with E-state index in [4.69, 9.17) is 15.0 Å². The first kappa shape index (κ1) is 33.1. The standard InChI is InChI=1S/C53H33N3S/c1-3-14-34(15-4-1)39-30-40(47-33-38-18-7-8-19-42(38)44-20-9-10-21-45(44)47)32-41(31-39)53-55-51(36-16-5-2-6-17-36)54-52(56-53)37-28-26-35(27-29-37)43-23-13-25-49-50(43)46-22-11-12-24-48(46)57-49/h1-33H. The zero-order chi connectivity index (χ0) is 37.7. The van der Waals surface area contributed by atoms with E-state index in [0.29, 0.717) is 17.5 Å². The molecule has 4 heteroatoms. The average Bonchev–Trinajstić information content (AvgIpc) is 3.68. The Morgan fingerprint density at radius 1 is 0.281 bits per heavy atom. The molecule has 0 bridgehead atoms. The molecule has 11 rings (SSSR count). The van der Waals surface area contributed by atoms with Gasteiger partial charge in [0.25, 0.3) is 0 Å². The average molecular weight is 744 g/mol. The minimum Gasteiger partial charge on any atom is -0.208 e. The molecule has 0 unspecified atom stereocenters. The fourth-order valence-electron chi connectivity index (χ4n) is 8.17. The predicted octanol–water partition coefficient (Wildman–Crippen LogP) is 14.5. The molecule has 0 N–H and O–H groups in total. The third-order valence-electron chi connectivity index (χ3n) is 10.9. The molecule has 2 aromatic heterocycles. The van der Waals surface area contributed by atoms with E-state index in [1.165, 1.54) is 52.8 Å². The summed E-state index contributed by atoms with van der Waals surface area (Å²) in [5.41, 5.74) is 9.70. The predicted molar refractivity (Wildman–Crippen MR) is 240 cm³/mol. The quantitative estimate of drug-likeness (QED) is 0.159. The third-order valence-corrected chi connectivity index (χ3v) is 12.0. The summed E-state index contributed by atoms with van der Waals surface area (Å²) in [6.07, 6.45) is 0. The van der Waals surface area contributed by atoms with Crippen molar-refractivity contribution in [3.05, 3.63) is 200 Å². The Balaban J connectivity index is 1.09. The van der Waals surface area contributed by atoms with E-state index in [9.17, 15) is 0 Å². The van der Waals surface area contributed by atoms with Crippen molar-refractivity contribution >= 4 is 53.1 Å². The molecular weight excluding hydrogens is 711 g/mol. The molecule has 0 aliphatic heterocycles. The number of benzene rings is 9. The van der Waals surface area contributed by atoms with Crippen LogP contribution in [0.5, 0.6) is 0 Å². The molecule has 266 valence electrons. The van der Waals surface area contributed by atoms with Crippen LogP contribution < -0.4 is 0 Å². The zero-order valence-electron chi connectivity index (χ0n) is 30.8. The maximum Gasteiger partial charge on any atom is 0.164 e. The highest BCUT2D eigenvalue weighted by molar-refractivity contribution is 7.25. The zero-order valence-corrected chi connectivity index (χ0v) is 31.6. The minimum absolute atomic E-state index is 0.626. The first-order valence-electron chi connectivity index (χ1n) is 19.2. The fraction of sp³-hybridized carbons (Fsp3) is 0. The van der Waals surface area contributed by atoms with Gasteiger partial charge in [-0.1, -0.05) is 164 Å². The summed E-state index contributed by atoms with van der Waals surface area (Å²) >= 11 is 1.84. The molecule has 11 aromatic rings. The Bertz CT molecular complexity index is 3280. The highest BCUT2D eigenvalue weighted by Gasteiger charge is 2.17. The first-order valence-corrected chi connectivity index (χ1v) is 20.0. The van der Waals surface area contributed by atoms with Gasteiger partial charge in [-0.05, 0) is 91.3 Å². The molecule has 0 atom stereocenters. The molecule has 0 aliphatic carbocycles. The topological polar surface area (TPSA) is 38.7 Å². The largest absolute Gasteiger partial charge is 0.208 e. The number of rotatable bonds is 6. The molecule has 3 nitrogen and oxygen atoms in total. The van der Waals surface area contributed by atoms with Crippen molar-refractivity contribution in [1.82, 2.24) is 15.0 Å². The van der Waals surface area contributed by atoms with E-state index in [1.54, 1.807) is 0 Å². The van der Waals surface area contributed by atoms with Crippen molar-refractivity contribution in [3.8, 4) is 67.5 Å². The van der Waals surface area contributed by atoms with Crippen LogP contribution in [0.3, 0.4) is 0 Å². The van der Waals surface area contributed by atoms with Gasteiger partial charge < -0.3 is 0 Å². The van der Waals surface area contributed by atoms with Crippen LogP contribution in [0, 0.1) is 0 Å². The van der Waals surface area contributed by atoms with Crippen LogP contribution in [0.1, 0.15) is 0 Å². The van der Waals surface area contributed by atoms with Crippen LogP contribution in [-0.4, -0.2) is 15.0 Å². The van der Waals surface area contributed by atoms with E-state index in [-0.39, 0.29) is 0 Å². The number of fused-ring (bicyclic) bond motifs is 6. The van der Waals surface area contributed by atoms with Gasteiger partial charge in [-0.25, -0.2) is 15.0 Å². The van der Waals surface area contributed by atoms with Gasteiger partial charge >= 0.3 is 0 Å². The Morgan fingerprint density at radius 3 is 1.56 bits per heavy atom. The van der Waals surface area contributed by atoms with Crippen molar-refractivity contribution < 1.29 is 0 Å². The second-order valence-electron chi connectivity index (χ2n) is 14.4. The Kier molecular flexibility index (Phi) is 8.01. The number of aromatic nitrogens is 3. The molecule has 0 aliphatic rings. The second-order valence-corrected chi connectivity index (χ2v) is 15.5. The molecular formula is C53H33N3S. The maximum atomic E-state index is 5.25. The molecule has 9 aromatic carbocycles. The van der Waals surface area contributed by atoms with Crippen molar-refractivity contribution in [2.75, 3.05) is 0 Å². The summed E-state index contributed by atoms with van der Waals surface area (Å²) in [5.74, 6) is 1.89. The number of thiophene rings is 1. The van der Waals surface area contributed by atoms with Gasteiger partial charge in [0, 0.05) is 36.9 Å². The van der Waals surface area contributed by atoms with E-state index >= 15 is 0 Å². The smallest absolute Gasteiger partial charge is 0.164 e. The Hall–Kier alpha value is -7.27. The summed E-state index contributed by atoms with van der Waals surface area (Å²) in [6.45, 7) is 0. The lowest BCUT2D eigenvalue weighted by molar-refractivity contribution is 1.07. The lowest BCUT2D eigenvalue weighted by atomic mass is 9.90. The Labute approximate surface area is 334 Å². The molecule has 0 saturated carbocycles. The molecule has 0 amide bonds. The molecule has 57 heavy (non-hydrogen) atoms. The van der Waals surface area contributed by atoms with Gasteiger partial charge in [0.2, 0.25) is 0 Å². The summed E-state index contributed by atoms with van der Waals surface area (Å²) in [6, 6.07) is 71.1. The molecule has 0 fully saturated rings. The molecule has 0 spiro atoms.